The molecule has 2 unspecified atom stereocenters. The van der Waals surface area contributed by atoms with E-state index in [0.29, 0.717) is 60.9 Å². The molecule has 8 nitrogen and oxygen atoms in total. The van der Waals surface area contributed by atoms with Crippen LogP contribution in [0.25, 0.3) is 11.1 Å². The van der Waals surface area contributed by atoms with E-state index in [2.05, 4.69) is 15.3 Å². The molecule has 4 N–H and O–H groups in total. The molecule has 2 aliphatic rings. The van der Waals surface area contributed by atoms with Crippen LogP contribution in [-0.4, -0.2) is 52.9 Å². The minimum atomic E-state index is -4.79. The van der Waals surface area contributed by atoms with Crippen molar-refractivity contribution in [2.24, 2.45) is 5.41 Å². The predicted molar refractivity (Wildman–Crippen MR) is 159 cm³/mol. The summed E-state index contributed by atoms with van der Waals surface area (Å²) in [5.41, 5.74) is 7.33. The van der Waals surface area contributed by atoms with Gasteiger partial charge in [0, 0.05) is 36.3 Å². The van der Waals surface area contributed by atoms with Crippen LogP contribution >= 0.6 is 11.6 Å². The van der Waals surface area contributed by atoms with Crippen molar-refractivity contribution in [3.63, 3.8) is 0 Å². The summed E-state index contributed by atoms with van der Waals surface area (Å²) in [5.74, 6) is -1.03. The molecule has 3 aromatic rings. The molecule has 1 aromatic heterocycles. The van der Waals surface area contributed by atoms with Crippen molar-refractivity contribution in [3.8, 4) is 17.0 Å². The van der Waals surface area contributed by atoms with Gasteiger partial charge in [-0.3, -0.25) is 4.79 Å². The molecular formula is C31H35ClF3N5O3. The van der Waals surface area contributed by atoms with Crippen LogP contribution < -0.4 is 20.7 Å². The number of alkyl halides is 3. The van der Waals surface area contributed by atoms with Crippen LogP contribution in [0.4, 0.5) is 24.9 Å². The van der Waals surface area contributed by atoms with E-state index in [1.54, 1.807) is 6.07 Å². The summed E-state index contributed by atoms with van der Waals surface area (Å²) < 4.78 is 49.6. The van der Waals surface area contributed by atoms with Gasteiger partial charge in [0.05, 0.1) is 0 Å². The Morgan fingerprint density at radius 1 is 1.14 bits per heavy atom. The number of aliphatic carboxylic acids is 1. The summed E-state index contributed by atoms with van der Waals surface area (Å²) in [6.45, 7) is 7.78. The Hall–Kier alpha value is -3.57. The summed E-state index contributed by atoms with van der Waals surface area (Å²) in [4.78, 5) is 21.6. The van der Waals surface area contributed by atoms with Gasteiger partial charge >= 0.3 is 12.1 Å². The van der Waals surface area contributed by atoms with Gasteiger partial charge in [0.2, 0.25) is 17.9 Å². The molecular weight excluding hydrogens is 583 g/mol. The quantitative estimate of drug-likeness (QED) is 0.292. The second-order valence-electron chi connectivity index (χ2n) is 12.5. The topological polar surface area (TPSA) is 114 Å². The second-order valence-corrected chi connectivity index (χ2v) is 12.9. The first kappa shape index (κ1) is 30.9. The number of benzene rings is 2. The molecule has 2 aromatic carbocycles. The number of carboxylic acids is 1. The van der Waals surface area contributed by atoms with E-state index in [4.69, 9.17) is 22.1 Å². The van der Waals surface area contributed by atoms with Crippen LogP contribution in [0, 0.1) is 5.41 Å². The Morgan fingerprint density at radius 3 is 2.49 bits per heavy atom. The molecule has 0 saturated carbocycles. The van der Waals surface area contributed by atoms with Crippen LogP contribution in [0.5, 0.6) is 5.88 Å². The SMILES string of the molecule is CC(C)(C)c1cccc(-c2cc(Cl)ccc2C(Oc2cc(N3CCC4(CC3)CNC(C(=O)O)C4)nc(N)n2)C(F)(F)F)c1. The number of anilines is 2. The van der Waals surface area contributed by atoms with Gasteiger partial charge in [0.1, 0.15) is 11.9 Å². The molecule has 230 valence electrons. The number of halogens is 4. The molecule has 2 saturated heterocycles. The minimum Gasteiger partial charge on any atom is -0.480 e. The highest BCUT2D eigenvalue weighted by molar-refractivity contribution is 6.30. The summed E-state index contributed by atoms with van der Waals surface area (Å²) in [6.07, 6.45) is -5.21. The van der Waals surface area contributed by atoms with Crippen molar-refractivity contribution < 1.29 is 27.8 Å². The van der Waals surface area contributed by atoms with Crippen LogP contribution in [-0.2, 0) is 10.2 Å². The molecule has 43 heavy (non-hydrogen) atoms. The Labute approximate surface area is 253 Å². The van der Waals surface area contributed by atoms with Gasteiger partial charge in [-0.2, -0.15) is 23.1 Å². The molecule has 5 rings (SSSR count). The van der Waals surface area contributed by atoms with E-state index in [1.807, 2.05) is 43.9 Å². The highest BCUT2D eigenvalue weighted by Gasteiger charge is 2.46. The zero-order valence-electron chi connectivity index (χ0n) is 24.2. The Morgan fingerprint density at radius 2 is 1.86 bits per heavy atom. The van der Waals surface area contributed by atoms with Gasteiger partial charge in [0.25, 0.3) is 0 Å². The smallest absolute Gasteiger partial charge is 0.429 e. The van der Waals surface area contributed by atoms with E-state index in [-0.39, 0.29) is 28.2 Å². The van der Waals surface area contributed by atoms with Crippen LogP contribution in [0.3, 0.4) is 0 Å². The first-order valence-electron chi connectivity index (χ1n) is 14.1. The number of piperidine rings is 1. The zero-order valence-corrected chi connectivity index (χ0v) is 25.0. The lowest BCUT2D eigenvalue weighted by molar-refractivity contribution is -0.198. The number of carboxylic acid groups (broad SMARTS) is 1. The highest BCUT2D eigenvalue weighted by Crippen LogP contribution is 2.44. The fourth-order valence-corrected chi connectivity index (χ4v) is 6.10. The number of ether oxygens (including phenoxy) is 1. The average molecular weight is 618 g/mol. The normalized spacial score (nSPS) is 19.4. The maximum absolute atomic E-state index is 14.7. The van der Waals surface area contributed by atoms with E-state index in [1.165, 1.54) is 24.3 Å². The molecule has 3 heterocycles. The third-order valence-electron chi connectivity index (χ3n) is 8.39. The molecule has 2 aliphatic heterocycles. The van der Waals surface area contributed by atoms with Gasteiger partial charge in [-0.05, 0) is 58.9 Å². The monoisotopic (exact) mass is 617 g/mol. The van der Waals surface area contributed by atoms with Crippen LogP contribution in [0.15, 0.2) is 48.5 Å². The zero-order chi connectivity index (χ0) is 31.2. The standard InChI is InChI=1S/C31H35ClF3N5O3/c1-29(2,3)19-6-4-5-18(13-19)22-14-20(32)7-8-21(22)26(31(33,34)35)43-25-15-24(38-28(36)39-25)40-11-9-30(10-12-40)16-23(27(41)42)37-17-30/h4-8,13-15,23,26,37H,9-12,16-17H2,1-3H3,(H,41,42)(H2,36,38,39). The van der Waals surface area contributed by atoms with E-state index in [0.717, 1.165) is 5.56 Å². The molecule has 0 radical (unpaired) electrons. The molecule has 1 spiro atoms. The van der Waals surface area contributed by atoms with Crippen molar-refractivity contribution in [1.29, 1.82) is 0 Å². The first-order chi connectivity index (χ1) is 20.1. The van der Waals surface area contributed by atoms with Crippen LogP contribution in [0.1, 0.15) is 57.3 Å². The molecule has 0 bridgehead atoms. The van der Waals surface area contributed by atoms with Crippen molar-refractivity contribution >= 4 is 29.3 Å². The molecule has 12 heteroatoms. The third-order valence-corrected chi connectivity index (χ3v) is 8.62. The average Bonchev–Trinajstić information content (AvgIpc) is 3.35. The molecule has 2 fully saturated rings. The van der Waals surface area contributed by atoms with Gasteiger partial charge in [-0.15, -0.1) is 0 Å². The van der Waals surface area contributed by atoms with E-state index >= 15 is 0 Å². The number of aromatic nitrogens is 2. The highest BCUT2D eigenvalue weighted by atomic mass is 35.5. The number of rotatable bonds is 6. The molecule has 0 amide bonds. The number of nitrogens with one attached hydrogen (secondary N) is 1. The van der Waals surface area contributed by atoms with Gasteiger partial charge < -0.3 is 25.8 Å². The number of hydrogen-bond acceptors (Lipinski definition) is 7. The fourth-order valence-electron chi connectivity index (χ4n) is 5.92. The predicted octanol–water partition coefficient (Wildman–Crippen LogP) is 6.39. The summed E-state index contributed by atoms with van der Waals surface area (Å²) >= 11 is 6.27. The Kier molecular flexibility index (Phi) is 8.26. The second kappa shape index (κ2) is 11.5. The van der Waals surface area contributed by atoms with Crippen molar-refractivity contribution in [2.45, 2.75) is 63.8 Å². The number of hydrogen-bond donors (Lipinski definition) is 3. The van der Waals surface area contributed by atoms with Crippen molar-refractivity contribution in [3.05, 3.63) is 64.7 Å². The number of nitrogen functional groups attached to an aromatic ring is 1. The van der Waals surface area contributed by atoms with Crippen molar-refractivity contribution in [2.75, 3.05) is 30.3 Å². The van der Waals surface area contributed by atoms with Gasteiger partial charge in [0.15, 0.2) is 0 Å². The lowest BCUT2D eigenvalue weighted by Crippen LogP contribution is -2.41. The first-order valence-corrected chi connectivity index (χ1v) is 14.5. The van der Waals surface area contributed by atoms with Crippen molar-refractivity contribution in [1.82, 2.24) is 15.3 Å². The molecule has 2 atom stereocenters. The Bertz CT molecular complexity index is 1500. The van der Waals surface area contributed by atoms with E-state index < -0.39 is 24.3 Å². The largest absolute Gasteiger partial charge is 0.480 e. The maximum Gasteiger partial charge on any atom is 0.429 e. The summed E-state index contributed by atoms with van der Waals surface area (Å²) in [7, 11) is 0. The van der Waals surface area contributed by atoms with Gasteiger partial charge in [-0.1, -0.05) is 62.7 Å². The summed E-state index contributed by atoms with van der Waals surface area (Å²) in [6, 6.07) is 12.4. The lowest BCUT2D eigenvalue weighted by Gasteiger charge is -2.39. The maximum atomic E-state index is 14.7. The lowest BCUT2D eigenvalue weighted by atomic mass is 9.76. The number of nitrogens with zero attached hydrogens (tertiary/aromatic N) is 3. The van der Waals surface area contributed by atoms with Gasteiger partial charge in [-0.25, -0.2) is 0 Å². The fraction of sp³-hybridized carbons (Fsp3) is 0.452. The van der Waals surface area contributed by atoms with Crippen LogP contribution in [0.2, 0.25) is 5.02 Å². The number of carbonyl (C=O) groups is 1. The molecule has 0 aliphatic carbocycles. The minimum absolute atomic E-state index is 0.108. The van der Waals surface area contributed by atoms with E-state index in [9.17, 15) is 23.1 Å². The number of nitrogens with two attached hydrogens (primary N) is 1. The Balaban J connectivity index is 1.43. The summed E-state index contributed by atoms with van der Waals surface area (Å²) in [5, 5.41) is 12.7. The third kappa shape index (κ3) is 6.83.